The largest absolute Gasteiger partial charge is 0.334 e. The first-order valence-electron chi connectivity index (χ1n) is 7.06. The molecule has 22 heavy (non-hydrogen) atoms. The summed E-state index contributed by atoms with van der Waals surface area (Å²) in [7, 11) is 0. The molecule has 0 saturated heterocycles. The Morgan fingerprint density at radius 1 is 1.27 bits per heavy atom. The van der Waals surface area contributed by atoms with Gasteiger partial charge < -0.3 is 5.32 Å². The number of nitrogens with zero attached hydrogens (tertiary/aromatic N) is 2. The zero-order valence-corrected chi connectivity index (χ0v) is 11.8. The van der Waals surface area contributed by atoms with Crippen molar-refractivity contribution in [3.8, 4) is 0 Å². The van der Waals surface area contributed by atoms with Gasteiger partial charge in [0.15, 0.2) is 5.82 Å². The molecule has 116 valence electrons. The van der Waals surface area contributed by atoms with E-state index in [9.17, 15) is 13.6 Å². The second-order valence-corrected chi connectivity index (χ2v) is 5.29. The first-order chi connectivity index (χ1) is 10.6. The van der Waals surface area contributed by atoms with E-state index in [4.69, 9.17) is 0 Å². The fraction of sp³-hybridized carbons (Fsp3) is 0.333. The fourth-order valence-corrected chi connectivity index (χ4v) is 2.67. The maximum absolute atomic E-state index is 12.2. The van der Waals surface area contributed by atoms with Gasteiger partial charge in [-0.25, -0.2) is 13.6 Å². The Morgan fingerprint density at radius 3 is 2.59 bits per heavy atom. The molecule has 0 aliphatic heterocycles. The van der Waals surface area contributed by atoms with Crippen molar-refractivity contribution in [1.29, 1.82) is 0 Å². The molecule has 0 saturated carbocycles. The van der Waals surface area contributed by atoms with Gasteiger partial charge in [0.2, 0.25) is 0 Å². The Kier molecular flexibility index (Phi) is 4.04. The van der Waals surface area contributed by atoms with Gasteiger partial charge in [-0.3, -0.25) is 10.00 Å². The molecule has 5 nitrogen and oxygen atoms in total. The van der Waals surface area contributed by atoms with E-state index in [0.717, 1.165) is 17.5 Å². The third kappa shape index (κ3) is 3.41. The van der Waals surface area contributed by atoms with Gasteiger partial charge >= 0.3 is 6.03 Å². The summed E-state index contributed by atoms with van der Waals surface area (Å²) in [6, 6.07) is 9.24. The van der Waals surface area contributed by atoms with Gasteiger partial charge in [-0.15, -0.1) is 0 Å². The van der Waals surface area contributed by atoms with Gasteiger partial charge in [0, 0.05) is 18.3 Å². The zero-order chi connectivity index (χ0) is 15.5. The summed E-state index contributed by atoms with van der Waals surface area (Å²) < 4.78 is 25.6. The van der Waals surface area contributed by atoms with Crippen LogP contribution in [0.2, 0.25) is 0 Å². The number of carbonyl (C=O) groups is 1. The van der Waals surface area contributed by atoms with E-state index in [2.05, 4.69) is 27.9 Å². The number of urea groups is 1. The molecule has 1 aliphatic rings. The molecule has 0 spiro atoms. The van der Waals surface area contributed by atoms with Crippen LogP contribution in [0.5, 0.6) is 0 Å². The highest BCUT2D eigenvalue weighted by Crippen LogP contribution is 2.21. The number of carbonyl (C=O) groups excluding carboxylic acids is 1. The number of alkyl halides is 2. The van der Waals surface area contributed by atoms with Crippen molar-refractivity contribution < 1.29 is 13.6 Å². The van der Waals surface area contributed by atoms with E-state index >= 15 is 0 Å². The molecule has 0 unspecified atom stereocenters. The quantitative estimate of drug-likeness (QED) is 0.911. The SMILES string of the molecule is O=C(Nc1ccn(CC(F)F)n1)NC1Cc2ccccc2C1. The van der Waals surface area contributed by atoms with Crippen molar-refractivity contribution >= 4 is 11.8 Å². The molecular weight excluding hydrogens is 290 g/mol. The lowest BCUT2D eigenvalue weighted by Gasteiger charge is -2.12. The van der Waals surface area contributed by atoms with Crippen LogP contribution in [0.15, 0.2) is 36.5 Å². The molecule has 0 radical (unpaired) electrons. The zero-order valence-electron chi connectivity index (χ0n) is 11.8. The first kappa shape index (κ1) is 14.5. The summed E-state index contributed by atoms with van der Waals surface area (Å²) in [5.74, 6) is 0.258. The highest BCUT2D eigenvalue weighted by Gasteiger charge is 2.22. The average molecular weight is 306 g/mol. The molecule has 0 fully saturated rings. The second kappa shape index (κ2) is 6.13. The highest BCUT2D eigenvalue weighted by molar-refractivity contribution is 5.88. The van der Waals surface area contributed by atoms with Crippen LogP contribution in [0.25, 0.3) is 0 Å². The van der Waals surface area contributed by atoms with Crippen LogP contribution in [0.1, 0.15) is 11.1 Å². The summed E-state index contributed by atoms with van der Waals surface area (Å²) >= 11 is 0. The van der Waals surface area contributed by atoms with Crippen LogP contribution in [0.3, 0.4) is 0 Å². The van der Waals surface area contributed by atoms with Gasteiger partial charge in [-0.05, 0) is 24.0 Å². The van der Waals surface area contributed by atoms with E-state index in [0.29, 0.717) is 0 Å². The molecule has 1 aromatic carbocycles. The minimum absolute atomic E-state index is 0.0422. The van der Waals surface area contributed by atoms with Crippen LogP contribution < -0.4 is 10.6 Å². The number of benzene rings is 1. The lowest BCUT2D eigenvalue weighted by molar-refractivity contribution is 0.122. The Balaban J connectivity index is 1.52. The molecule has 2 N–H and O–H groups in total. The third-order valence-electron chi connectivity index (χ3n) is 3.59. The number of nitrogens with one attached hydrogen (secondary N) is 2. The maximum atomic E-state index is 12.2. The fourth-order valence-electron chi connectivity index (χ4n) is 2.67. The highest BCUT2D eigenvalue weighted by atomic mass is 19.3. The van der Waals surface area contributed by atoms with Gasteiger partial charge in [-0.1, -0.05) is 24.3 Å². The number of anilines is 1. The van der Waals surface area contributed by atoms with Crippen molar-refractivity contribution in [1.82, 2.24) is 15.1 Å². The molecule has 0 atom stereocenters. The number of rotatable bonds is 4. The van der Waals surface area contributed by atoms with Crippen molar-refractivity contribution in [2.45, 2.75) is 31.9 Å². The van der Waals surface area contributed by atoms with Crippen LogP contribution >= 0.6 is 0 Å². The predicted molar refractivity (Wildman–Crippen MR) is 78.0 cm³/mol. The summed E-state index contributed by atoms with van der Waals surface area (Å²) in [6.07, 6.45) is 0.526. The van der Waals surface area contributed by atoms with Crippen molar-refractivity contribution in [2.75, 3.05) is 5.32 Å². The van der Waals surface area contributed by atoms with E-state index in [1.54, 1.807) is 0 Å². The smallest absolute Gasteiger partial charge is 0.320 e. The summed E-state index contributed by atoms with van der Waals surface area (Å²) in [5, 5.41) is 9.31. The Bertz CT molecular complexity index is 646. The van der Waals surface area contributed by atoms with Gasteiger partial charge in [0.1, 0.15) is 6.54 Å². The summed E-state index contributed by atoms with van der Waals surface area (Å²) in [6.45, 7) is -0.485. The minimum Gasteiger partial charge on any atom is -0.334 e. The number of amides is 2. The van der Waals surface area contributed by atoms with Gasteiger partial charge in [0.05, 0.1) is 0 Å². The van der Waals surface area contributed by atoms with E-state index in [-0.39, 0.29) is 17.9 Å². The first-order valence-corrected chi connectivity index (χ1v) is 7.06. The van der Waals surface area contributed by atoms with E-state index in [1.165, 1.54) is 23.4 Å². The number of fused-ring (bicyclic) bond motifs is 1. The topological polar surface area (TPSA) is 59.0 Å². The summed E-state index contributed by atoms with van der Waals surface area (Å²) in [5.41, 5.74) is 2.49. The van der Waals surface area contributed by atoms with Crippen LogP contribution in [-0.2, 0) is 19.4 Å². The molecule has 0 bridgehead atoms. The summed E-state index contributed by atoms with van der Waals surface area (Å²) in [4.78, 5) is 11.9. The molecule has 1 aliphatic carbocycles. The Morgan fingerprint density at radius 2 is 1.95 bits per heavy atom. The molecule has 7 heteroatoms. The maximum Gasteiger partial charge on any atom is 0.320 e. The van der Waals surface area contributed by atoms with Crippen LogP contribution in [-0.4, -0.2) is 28.3 Å². The normalized spacial score (nSPS) is 14.1. The predicted octanol–water partition coefficient (Wildman–Crippen LogP) is 2.44. The number of halogens is 2. The van der Waals surface area contributed by atoms with Crippen LogP contribution in [0.4, 0.5) is 19.4 Å². The van der Waals surface area contributed by atoms with Gasteiger partial charge in [-0.2, -0.15) is 5.10 Å². The van der Waals surface area contributed by atoms with Crippen molar-refractivity contribution in [2.24, 2.45) is 0 Å². The molecular formula is C15H16F2N4O. The standard InChI is InChI=1S/C15H16F2N4O/c16-13(17)9-21-6-5-14(20-21)19-15(22)18-12-7-10-3-1-2-4-11(10)8-12/h1-6,12-13H,7-9H2,(H2,18,19,20,22). The van der Waals surface area contributed by atoms with E-state index < -0.39 is 13.0 Å². The number of hydrogen-bond acceptors (Lipinski definition) is 2. The lowest BCUT2D eigenvalue weighted by Crippen LogP contribution is -2.38. The molecule has 2 aromatic rings. The van der Waals surface area contributed by atoms with Gasteiger partial charge in [0.25, 0.3) is 6.43 Å². The molecule has 3 rings (SSSR count). The Hall–Kier alpha value is -2.44. The van der Waals surface area contributed by atoms with Crippen LogP contribution in [0, 0.1) is 0 Å². The Labute approximate surface area is 126 Å². The molecule has 2 amide bonds. The molecule has 1 aromatic heterocycles. The average Bonchev–Trinajstić information content (AvgIpc) is 3.03. The number of hydrogen-bond donors (Lipinski definition) is 2. The monoisotopic (exact) mass is 306 g/mol. The second-order valence-electron chi connectivity index (χ2n) is 5.29. The van der Waals surface area contributed by atoms with Crippen molar-refractivity contribution in [3.05, 3.63) is 47.7 Å². The number of aromatic nitrogens is 2. The molecule has 1 heterocycles. The minimum atomic E-state index is -2.47. The van der Waals surface area contributed by atoms with E-state index in [1.807, 2.05) is 12.1 Å². The van der Waals surface area contributed by atoms with Crippen molar-refractivity contribution in [3.63, 3.8) is 0 Å². The lowest BCUT2D eigenvalue weighted by atomic mass is 10.1. The third-order valence-corrected chi connectivity index (χ3v) is 3.59.